The van der Waals surface area contributed by atoms with Crippen LogP contribution < -0.4 is 11.1 Å². The predicted molar refractivity (Wildman–Crippen MR) is 69.1 cm³/mol. The van der Waals surface area contributed by atoms with Crippen LogP contribution in [0.15, 0.2) is 18.2 Å². The van der Waals surface area contributed by atoms with Crippen molar-refractivity contribution in [3.8, 4) is 0 Å². The summed E-state index contributed by atoms with van der Waals surface area (Å²) in [5, 5.41) is 12.8. The number of nitrogens with one attached hydrogen (secondary N) is 1. The highest BCUT2D eigenvalue weighted by atomic mass is 19.1. The molecule has 19 heavy (non-hydrogen) atoms. The number of non-ortho nitro benzene ring substituents is 1. The number of nitro benzene ring substituents is 1. The average Bonchev–Trinajstić information content (AvgIpc) is 2.29. The van der Waals surface area contributed by atoms with Gasteiger partial charge in [0.2, 0.25) is 5.91 Å². The molecule has 0 aliphatic heterocycles. The minimum absolute atomic E-state index is 0.129. The van der Waals surface area contributed by atoms with Crippen molar-refractivity contribution in [1.82, 2.24) is 0 Å². The molecule has 1 aromatic carbocycles. The Bertz CT molecular complexity index is 511. The maximum absolute atomic E-state index is 13.6. The van der Waals surface area contributed by atoms with E-state index in [-0.39, 0.29) is 11.4 Å². The molecule has 0 aliphatic carbocycles. The number of nitrogens with zero attached hydrogens (tertiary/aromatic N) is 1. The molecule has 0 bridgehead atoms. The molecule has 0 radical (unpaired) electrons. The van der Waals surface area contributed by atoms with Gasteiger partial charge in [0.25, 0.3) is 5.69 Å². The number of rotatable bonds is 3. The summed E-state index contributed by atoms with van der Waals surface area (Å²) in [7, 11) is 0. The number of nitro groups is 1. The Hall–Kier alpha value is -2.02. The summed E-state index contributed by atoms with van der Waals surface area (Å²) < 4.78 is 13.6. The van der Waals surface area contributed by atoms with Crippen LogP contribution in [-0.4, -0.2) is 16.9 Å². The Balaban J connectivity index is 2.89. The van der Waals surface area contributed by atoms with E-state index < -0.39 is 28.1 Å². The summed E-state index contributed by atoms with van der Waals surface area (Å²) in [6.07, 6.45) is 0. The molecule has 0 heterocycles. The van der Waals surface area contributed by atoms with Gasteiger partial charge in [0, 0.05) is 6.07 Å². The van der Waals surface area contributed by atoms with Gasteiger partial charge in [-0.15, -0.1) is 0 Å². The van der Waals surface area contributed by atoms with E-state index in [9.17, 15) is 19.3 Å². The average molecular weight is 269 g/mol. The number of hydrogen-bond acceptors (Lipinski definition) is 4. The summed E-state index contributed by atoms with van der Waals surface area (Å²) in [4.78, 5) is 21.5. The van der Waals surface area contributed by atoms with Crippen LogP contribution >= 0.6 is 0 Å². The number of amides is 1. The molecular formula is C12H16FN3O3. The van der Waals surface area contributed by atoms with Crippen LogP contribution in [0.25, 0.3) is 0 Å². The molecule has 0 fully saturated rings. The van der Waals surface area contributed by atoms with Gasteiger partial charge in [-0.25, -0.2) is 4.39 Å². The second-order valence-corrected chi connectivity index (χ2v) is 5.25. The van der Waals surface area contributed by atoms with Crippen molar-refractivity contribution >= 4 is 17.3 Å². The zero-order valence-electron chi connectivity index (χ0n) is 10.9. The third-order valence-corrected chi connectivity index (χ3v) is 2.64. The normalized spacial score (nSPS) is 12.9. The highest BCUT2D eigenvalue weighted by Crippen LogP contribution is 2.22. The lowest BCUT2D eigenvalue weighted by molar-refractivity contribution is -0.385. The number of anilines is 1. The van der Waals surface area contributed by atoms with Crippen LogP contribution in [-0.2, 0) is 4.79 Å². The van der Waals surface area contributed by atoms with E-state index in [4.69, 9.17) is 5.73 Å². The van der Waals surface area contributed by atoms with Crippen LogP contribution in [0, 0.1) is 21.3 Å². The molecule has 3 N–H and O–H groups in total. The first kappa shape index (κ1) is 15.0. The fourth-order valence-corrected chi connectivity index (χ4v) is 1.32. The van der Waals surface area contributed by atoms with Crippen molar-refractivity contribution in [3.63, 3.8) is 0 Å². The highest BCUT2D eigenvalue weighted by Gasteiger charge is 2.28. The zero-order chi connectivity index (χ0) is 14.8. The van der Waals surface area contributed by atoms with Crippen molar-refractivity contribution in [2.75, 3.05) is 5.32 Å². The highest BCUT2D eigenvalue weighted by molar-refractivity contribution is 5.95. The first-order valence-corrected chi connectivity index (χ1v) is 5.63. The molecular weight excluding hydrogens is 253 g/mol. The molecule has 1 rings (SSSR count). The number of benzene rings is 1. The van der Waals surface area contributed by atoms with Crippen molar-refractivity contribution in [1.29, 1.82) is 0 Å². The third-order valence-electron chi connectivity index (χ3n) is 2.64. The van der Waals surface area contributed by atoms with Crippen molar-refractivity contribution in [2.45, 2.75) is 26.8 Å². The van der Waals surface area contributed by atoms with Crippen LogP contribution in [0.2, 0.25) is 0 Å². The Morgan fingerprint density at radius 1 is 1.47 bits per heavy atom. The molecule has 0 spiro atoms. The largest absolute Gasteiger partial charge is 0.322 e. The molecule has 6 nitrogen and oxygen atoms in total. The molecule has 0 saturated heterocycles. The topological polar surface area (TPSA) is 98.3 Å². The van der Waals surface area contributed by atoms with Gasteiger partial charge in [-0.05, 0) is 11.5 Å². The Labute approximate surface area is 109 Å². The smallest absolute Gasteiger partial charge is 0.272 e. The number of carbonyl (C=O) groups is 1. The third kappa shape index (κ3) is 3.72. The molecule has 1 amide bonds. The number of carbonyl (C=O) groups excluding carboxylic acids is 1. The standard InChI is InChI=1S/C12H16FN3O3/c1-12(2,3)10(14)11(17)15-9-5-4-7(16(18)19)6-8(9)13/h4-6,10H,14H2,1-3H3,(H,15,17). The van der Waals surface area contributed by atoms with Gasteiger partial charge in [0.1, 0.15) is 0 Å². The Kier molecular flexibility index (Phi) is 4.21. The second-order valence-electron chi connectivity index (χ2n) is 5.25. The quantitative estimate of drug-likeness (QED) is 0.648. The molecule has 1 unspecified atom stereocenters. The monoisotopic (exact) mass is 269 g/mol. The fourth-order valence-electron chi connectivity index (χ4n) is 1.32. The first-order chi connectivity index (χ1) is 8.62. The first-order valence-electron chi connectivity index (χ1n) is 5.63. The summed E-state index contributed by atoms with van der Waals surface area (Å²) in [6, 6.07) is 2.18. The lowest BCUT2D eigenvalue weighted by Crippen LogP contribution is -2.45. The molecule has 104 valence electrons. The number of hydrogen-bond donors (Lipinski definition) is 2. The van der Waals surface area contributed by atoms with Gasteiger partial charge in [-0.2, -0.15) is 0 Å². The maximum Gasteiger partial charge on any atom is 0.272 e. The molecule has 7 heteroatoms. The molecule has 0 saturated carbocycles. The van der Waals surface area contributed by atoms with Gasteiger partial charge < -0.3 is 11.1 Å². The molecule has 1 aromatic rings. The van der Waals surface area contributed by atoms with Crippen molar-refractivity contribution in [3.05, 3.63) is 34.1 Å². The molecule has 0 aliphatic rings. The van der Waals surface area contributed by atoms with Gasteiger partial charge in [0.05, 0.1) is 22.7 Å². The second kappa shape index (κ2) is 5.31. The van der Waals surface area contributed by atoms with E-state index in [1.165, 1.54) is 0 Å². The summed E-state index contributed by atoms with van der Waals surface area (Å²) in [6.45, 7) is 5.34. The van der Waals surface area contributed by atoms with E-state index in [1.54, 1.807) is 20.8 Å². The zero-order valence-corrected chi connectivity index (χ0v) is 10.9. The molecule has 1 atom stereocenters. The number of halogens is 1. The maximum atomic E-state index is 13.6. The van der Waals surface area contributed by atoms with Crippen LogP contribution in [0.3, 0.4) is 0 Å². The molecule has 0 aromatic heterocycles. The van der Waals surface area contributed by atoms with Gasteiger partial charge in [-0.3, -0.25) is 14.9 Å². The summed E-state index contributed by atoms with van der Waals surface area (Å²) >= 11 is 0. The van der Waals surface area contributed by atoms with Gasteiger partial charge in [-0.1, -0.05) is 20.8 Å². The minimum atomic E-state index is -0.872. The van der Waals surface area contributed by atoms with E-state index >= 15 is 0 Å². The SMILES string of the molecule is CC(C)(C)C(N)C(=O)Nc1ccc([N+](=O)[O-])cc1F. The summed E-state index contributed by atoms with van der Waals surface area (Å²) in [5.74, 6) is -1.41. The fraction of sp³-hybridized carbons (Fsp3) is 0.417. The van der Waals surface area contributed by atoms with E-state index in [1.807, 2.05) is 0 Å². The van der Waals surface area contributed by atoms with Crippen molar-refractivity contribution in [2.24, 2.45) is 11.1 Å². The van der Waals surface area contributed by atoms with Crippen LogP contribution in [0.5, 0.6) is 0 Å². The van der Waals surface area contributed by atoms with Gasteiger partial charge in [0.15, 0.2) is 5.82 Å². The Morgan fingerprint density at radius 2 is 2.05 bits per heavy atom. The van der Waals surface area contributed by atoms with Crippen molar-refractivity contribution < 1.29 is 14.1 Å². The van der Waals surface area contributed by atoms with E-state index in [0.29, 0.717) is 0 Å². The Morgan fingerprint density at radius 3 is 2.47 bits per heavy atom. The lowest BCUT2D eigenvalue weighted by atomic mass is 9.87. The lowest BCUT2D eigenvalue weighted by Gasteiger charge is -2.25. The van der Waals surface area contributed by atoms with E-state index in [0.717, 1.165) is 18.2 Å². The number of nitrogens with two attached hydrogens (primary N) is 1. The summed E-state index contributed by atoms with van der Waals surface area (Å²) in [5.41, 5.74) is 4.75. The van der Waals surface area contributed by atoms with Crippen LogP contribution in [0.4, 0.5) is 15.8 Å². The van der Waals surface area contributed by atoms with Gasteiger partial charge >= 0.3 is 0 Å². The van der Waals surface area contributed by atoms with Crippen LogP contribution in [0.1, 0.15) is 20.8 Å². The minimum Gasteiger partial charge on any atom is -0.322 e. The van der Waals surface area contributed by atoms with E-state index in [2.05, 4.69) is 5.32 Å². The predicted octanol–water partition coefficient (Wildman–Crippen LogP) is 2.05.